The Hall–Kier alpha value is -2.49. The number of benzene rings is 3. The van der Waals surface area contributed by atoms with Crippen molar-refractivity contribution >= 4 is 34.8 Å². The Kier molecular flexibility index (Phi) is 5.27. The molecule has 5 heteroatoms. The summed E-state index contributed by atoms with van der Waals surface area (Å²) in [5, 5.41) is 3.85. The maximum absolute atomic E-state index is 12.2. The van der Waals surface area contributed by atoms with E-state index in [-0.39, 0.29) is 5.91 Å². The minimum Gasteiger partial charge on any atom is -0.456 e. The van der Waals surface area contributed by atoms with Gasteiger partial charge >= 0.3 is 0 Å². The summed E-state index contributed by atoms with van der Waals surface area (Å²) in [4.78, 5) is 12.2. The number of aryl methyl sites for hydroxylation is 1. The molecule has 3 rings (SSSR count). The van der Waals surface area contributed by atoms with E-state index in [0.29, 0.717) is 32.8 Å². The van der Waals surface area contributed by atoms with Crippen molar-refractivity contribution in [1.82, 2.24) is 0 Å². The molecule has 25 heavy (non-hydrogen) atoms. The van der Waals surface area contributed by atoms with Crippen LogP contribution in [0.3, 0.4) is 0 Å². The lowest BCUT2D eigenvalue weighted by Crippen LogP contribution is -2.11. The summed E-state index contributed by atoms with van der Waals surface area (Å²) in [5.41, 5.74) is 2.28. The minimum absolute atomic E-state index is 0.192. The zero-order valence-corrected chi connectivity index (χ0v) is 14.9. The third-order valence-corrected chi connectivity index (χ3v) is 4.09. The predicted molar refractivity (Wildman–Crippen MR) is 102 cm³/mol. The van der Waals surface area contributed by atoms with Crippen LogP contribution in [-0.4, -0.2) is 5.91 Å². The summed E-state index contributed by atoms with van der Waals surface area (Å²) < 4.78 is 5.72. The van der Waals surface area contributed by atoms with Crippen LogP contribution >= 0.6 is 23.2 Å². The molecule has 0 spiro atoms. The largest absolute Gasteiger partial charge is 0.456 e. The van der Waals surface area contributed by atoms with Crippen molar-refractivity contribution in [2.45, 2.75) is 6.92 Å². The Morgan fingerprint density at radius 1 is 0.920 bits per heavy atom. The van der Waals surface area contributed by atoms with Crippen molar-refractivity contribution in [1.29, 1.82) is 0 Å². The quantitative estimate of drug-likeness (QED) is 0.580. The number of hydrogen-bond acceptors (Lipinski definition) is 2. The lowest BCUT2D eigenvalue weighted by Gasteiger charge is -2.10. The second kappa shape index (κ2) is 7.60. The Labute approximate surface area is 156 Å². The molecule has 1 N–H and O–H groups in total. The molecule has 0 bridgehead atoms. The molecule has 0 radical (unpaired) electrons. The second-order valence-electron chi connectivity index (χ2n) is 5.52. The second-order valence-corrected chi connectivity index (χ2v) is 6.36. The predicted octanol–water partition coefficient (Wildman–Crippen LogP) is 6.35. The number of hydrogen-bond donors (Lipinski definition) is 1. The molecule has 3 aromatic rings. The smallest absolute Gasteiger partial charge is 0.255 e. The fraction of sp³-hybridized carbons (Fsp3) is 0.0500. The van der Waals surface area contributed by atoms with Crippen LogP contribution in [0.5, 0.6) is 11.5 Å². The van der Waals surface area contributed by atoms with Gasteiger partial charge < -0.3 is 10.1 Å². The number of ether oxygens (including phenoxy) is 1. The molecule has 0 atom stereocenters. The Balaban J connectivity index is 1.72. The van der Waals surface area contributed by atoms with Crippen molar-refractivity contribution in [2.75, 3.05) is 5.32 Å². The first-order valence-electron chi connectivity index (χ1n) is 7.62. The first-order chi connectivity index (χ1) is 12.0. The van der Waals surface area contributed by atoms with E-state index in [1.807, 2.05) is 19.1 Å². The number of halogens is 2. The highest BCUT2D eigenvalue weighted by atomic mass is 35.5. The molecule has 0 aliphatic heterocycles. The Bertz CT molecular complexity index is 891. The fourth-order valence-corrected chi connectivity index (χ4v) is 2.54. The SMILES string of the molecule is Cc1ccc(C(=O)Nc2ccc(Oc3ccc(Cl)cc3)c(Cl)c2)cc1. The number of rotatable bonds is 4. The van der Waals surface area contributed by atoms with Crippen LogP contribution in [0.15, 0.2) is 66.7 Å². The Morgan fingerprint density at radius 2 is 1.60 bits per heavy atom. The Morgan fingerprint density at radius 3 is 2.24 bits per heavy atom. The lowest BCUT2D eigenvalue weighted by molar-refractivity contribution is 0.102. The molecule has 0 aliphatic rings. The highest BCUT2D eigenvalue weighted by Gasteiger charge is 2.09. The van der Waals surface area contributed by atoms with Gasteiger partial charge in [0.15, 0.2) is 0 Å². The van der Waals surface area contributed by atoms with E-state index in [1.54, 1.807) is 54.6 Å². The fourth-order valence-electron chi connectivity index (χ4n) is 2.20. The van der Waals surface area contributed by atoms with E-state index >= 15 is 0 Å². The molecule has 3 aromatic carbocycles. The highest BCUT2D eigenvalue weighted by molar-refractivity contribution is 6.32. The van der Waals surface area contributed by atoms with Gasteiger partial charge in [-0.15, -0.1) is 0 Å². The van der Waals surface area contributed by atoms with Gasteiger partial charge in [-0.1, -0.05) is 40.9 Å². The zero-order valence-electron chi connectivity index (χ0n) is 13.4. The molecule has 0 saturated heterocycles. The summed E-state index contributed by atoms with van der Waals surface area (Å²) in [6, 6.07) is 19.4. The zero-order chi connectivity index (χ0) is 17.8. The molecule has 0 heterocycles. The number of amides is 1. The van der Waals surface area contributed by atoms with Gasteiger partial charge in [0.2, 0.25) is 0 Å². The topological polar surface area (TPSA) is 38.3 Å². The summed E-state index contributed by atoms with van der Waals surface area (Å²) in [5.74, 6) is 0.933. The summed E-state index contributed by atoms with van der Waals surface area (Å²) in [6.07, 6.45) is 0. The molecular weight excluding hydrogens is 357 g/mol. The molecule has 1 amide bonds. The summed E-state index contributed by atoms with van der Waals surface area (Å²) in [6.45, 7) is 1.97. The molecule has 0 aliphatic carbocycles. The van der Waals surface area contributed by atoms with Gasteiger partial charge in [0, 0.05) is 16.3 Å². The summed E-state index contributed by atoms with van der Waals surface area (Å²) in [7, 11) is 0. The van der Waals surface area contributed by atoms with Crippen LogP contribution in [0.25, 0.3) is 0 Å². The highest BCUT2D eigenvalue weighted by Crippen LogP contribution is 2.32. The van der Waals surface area contributed by atoms with E-state index < -0.39 is 0 Å². The number of carbonyl (C=O) groups is 1. The molecule has 126 valence electrons. The van der Waals surface area contributed by atoms with Crippen LogP contribution in [0.4, 0.5) is 5.69 Å². The summed E-state index contributed by atoms with van der Waals surface area (Å²) >= 11 is 12.1. The first-order valence-corrected chi connectivity index (χ1v) is 8.38. The van der Waals surface area contributed by atoms with Crippen LogP contribution in [-0.2, 0) is 0 Å². The number of nitrogens with one attached hydrogen (secondary N) is 1. The van der Waals surface area contributed by atoms with E-state index in [0.717, 1.165) is 5.56 Å². The van der Waals surface area contributed by atoms with E-state index in [9.17, 15) is 4.79 Å². The average molecular weight is 372 g/mol. The average Bonchev–Trinajstić information content (AvgIpc) is 2.60. The van der Waals surface area contributed by atoms with Gasteiger partial charge in [0.1, 0.15) is 11.5 Å². The monoisotopic (exact) mass is 371 g/mol. The third kappa shape index (κ3) is 4.53. The van der Waals surface area contributed by atoms with Gasteiger partial charge in [0.05, 0.1) is 5.02 Å². The first kappa shape index (κ1) is 17.3. The van der Waals surface area contributed by atoms with Gasteiger partial charge in [0.25, 0.3) is 5.91 Å². The normalized spacial score (nSPS) is 10.4. The van der Waals surface area contributed by atoms with Crippen molar-refractivity contribution in [2.24, 2.45) is 0 Å². The van der Waals surface area contributed by atoms with Gasteiger partial charge in [-0.3, -0.25) is 4.79 Å². The van der Waals surface area contributed by atoms with E-state index in [2.05, 4.69) is 5.32 Å². The maximum atomic E-state index is 12.2. The lowest BCUT2D eigenvalue weighted by atomic mass is 10.1. The van der Waals surface area contributed by atoms with Crippen LogP contribution in [0, 0.1) is 6.92 Å². The van der Waals surface area contributed by atoms with Crippen LogP contribution < -0.4 is 10.1 Å². The van der Waals surface area contributed by atoms with E-state index in [1.165, 1.54) is 0 Å². The molecule has 3 nitrogen and oxygen atoms in total. The third-order valence-electron chi connectivity index (χ3n) is 3.54. The van der Waals surface area contributed by atoms with Gasteiger partial charge in [-0.05, 0) is 61.5 Å². The van der Waals surface area contributed by atoms with E-state index in [4.69, 9.17) is 27.9 Å². The molecule has 0 fully saturated rings. The van der Waals surface area contributed by atoms with Crippen molar-refractivity contribution in [3.05, 3.63) is 87.9 Å². The van der Waals surface area contributed by atoms with Gasteiger partial charge in [-0.25, -0.2) is 0 Å². The minimum atomic E-state index is -0.192. The number of anilines is 1. The van der Waals surface area contributed by atoms with Crippen LogP contribution in [0.2, 0.25) is 10.0 Å². The van der Waals surface area contributed by atoms with Crippen LogP contribution in [0.1, 0.15) is 15.9 Å². The van der Waals surface area contributed by atoms with Crippen molar-refractivity contribution < 1.29 is 9.53 Å². The standard InChI is InChI=1S/C20H15Cl2NO2/c1-13-2-4-14(5-3-13)20(24)23-16-8-11-19(18(22)12-16)25-17-9-6-15(21)7-10-17/h2-12H,1H3,(H,23,24). The van der Waals surface area contributed by atoms with Gasteiger partial charge in [-0.2, -0.15) is 0 Å². The molecule has 0 unspecified atom stereocenters. The molecule has 0 saturated carbocycles. The number of carbonyl (C=O) groups excluding carboxylic acids is 1. The van der Waals surface area contributed by atoms with Crippen molar-refractivity contribution in [3.63, 3.8) is 0 Å². The van der Waals surface area contributed by atoms with Crippen molar-refractivity contribution in [3.8, 4) is 11.5 Å². The molecule has 0 aromatic heterocycles. The molecular formula is C20H15Cl2NO2. The maximum Gasteiger partial charge on any atom is 0.255 e.